The maximum absolute atomic E-state index is 13.3. The third-order valence-corrected chi connectivity index (χ3v) is 7.43. The summed E-state index contributed by atoms with van der Waals surface area (Å²) in [6.07, 6.45) is 8.61. The Morgan fingerprint density at radius 3 is 2.55 bits per heavy atom. The smallest absolute Gasteiger partial charge is 0.413 e. The number of hydrogen-bond acceptors (Lipinski definition) is 7. The summed E-state index contributed by atoms with van der Waals surface area (Å²) in [5, 5.41) is 6.18. The first-order valence-corrected chi connectivity index (χ1v) is 13.4. The first kappa shape index (κ1) is 26.0. The zero-order valence-electron chi connectivity index (χ0n) is 21.9. The van der Waals surface area contributed by atoms with Crippen LogP contribution in [0.1, 0.15) is 63.5 Å². The van der Waals surface area contributed by atoms with E-state index < -0.39 is 6.09 Å². The summed E-state index contributed by atoms with van der Waals surface area (Å²) >= 11 is 0. The number of ether oxygens (including phenoxy) is 2. The Morgan fingerprint density at radius 1 is 1.08 bits per heavy atom. The molecule has 1 aliphatic heterocycles. The molecule has 0 bridgehead atoms. The molecule has 2 heterocycles. The lowest BCUT2D eigenvalue weighted by atomic mass is 9.95. The molecule has 0 radical (unpaired) electrons. The summed E-state index contributed by atoms with van der Waals surface area (Å²) in [5.74, 6) is 0.538. The van der Waals surface area contributed by atoms with Gasteiger partial charge in [-0.25, -0.2) is 9.78 Å². The van der Waals surface area contributed by atoms with E-state index in [9.17, 15) is 14.4 Å². The van der Waals surface area contributed by atoms with E-state index >= 15 is 0 Å². The van der Waals surface area contributed by atoms with Crippen LogP contribution in [0.5, 0.6) is 11.6 Å². The molecule has 202 valence electrons. The molecule has 2 aromatic rings. The van der Waals surface area contributed by atoms with Gasteiger partial charge in [-0.05, 0) is 50.3 Å². The van der Waals surface area contributed by atoms with Gasteiger partial charge in [0.25, 0.3) is 0 Å². The number of nitrogens with one attached hydrogen (secondary N) is 2. The van der Waals surface area contributed by atoms with Gasteiger partial charge >= 0.3 is 6.09 Å². The summed E-state index contributed by atoms with van der Waals surface area (Å²) < 4.78 is 10.7. The van der Waals surface area contributed by atoms with Gasteiger partial charge in [0.05, 0.1) is 31.1 Å². The van der Waals surface area contributed by atoms with Crippen LogP contribution in [-0.4, -0.2) is 55.2 Å². The molecule has 0 saturated heterocycles. The predicted octanol–water partition coefficient (Wildman–Crippen LogP) is 3.70. The maximum Gasteiger partial charge on any atom is 0.413 e. The minimum atomic E-state index is -0.629. The minimum Gasteiger partial charge on any atom is -0.481 e. The fourth-order valence-electron chi connectivity index (χ4n) is 5.17. The molecule has 1 atom stereocenters. The van der Waals surface area contributed by atoms with Crippen molar-refractivity contribution in [2.45, 2.75) is 70.0 Å². The van der Waals surface area contributed by atoms with E-state index in [2.05, 4.69) is 15.6 Å². The number of hydrogen-bond donors (Lipinski definition) is 2. The molecule has 3 amide bonds. The van der Waals surface area contributed by atoms with Gasteiger partial charge in [-0.15, -0.1) is 0 Å². The Kier molecular flexibility index (Phi) is 7.78. The number of anilines is 2. The van der Waals surface area contributed by atoms with Gasteiger partial charge in [-0.3, -0.25) is 14.5 Å². The van der Waals surface area contributed by atoms with Crippen molar-refractivity contribution in [1.29, 1.82) is 0 Å². The Labute approximate surface area is 222 Å². The van der Waals surface area contributed by atoms with Crippen molar-refractivity contribution in [3.63, 3.8) is 0 Å². The van der Waals surface area contributed by atoms with Crippen LogP contribution < -0.4 is 29.9 Å². The normalized spacial score (nSPS) is 18.5. The molecule has 38 heavy (non-hydrogen) atoms. The molecule has 0 spiro atoms. The summed E-state index contributed by atoms with van der Waals surface area (Å²) in [5.41, 5.74) is 2.07. The van der Waals surface area contributed by atoms with E-state index in [1.165, 1.54) is 24.2 Å². The van der Waals surface area contributed by atoms with Crippen LogP contribution in [-0.2, 0) is 9.59 Å². The van der Waals surface area contributed by atoms with Crippen molar-refractivity contribution in [2.75, 3.05) is 30.0 Å². The van der Waals surface area contributed by atoms with Crippen LogP contribution in [0.3, 0.4) is 0 Å². The maximum atomic E-state index is 13.3. The van der Waals surface area contributed by atoms with Gasteiger partial charge in [0.15, 0.2) is 0 Å². The van der Waals surface area contributed by atoms with Crippen LogP contribution in [0, 0.1) is 0 Å². The molecule has 2 fully saturated rings. The summed E-state index contributed by atoms with van der Waals surface area (Å²) in [6.45, 7) is 1.97. The molecule has 3 aliphatic rings. The highest BCUT2D eigenvalue weighted by atomic mass is 16.6. The highest BCUT2D eigenvalue weighted by Crippen LogP contribution is 2.42. The van der Waals surface area contributed by atoms with E-state index in [1.807, 2.05) is 13.0 Å². The van der Waals surface area contributed by atoms with Crippen molar-refractivity contribution >= 4 is 29.3 Å². The fourth-order valence-corrected chi connectivity index (χ4v) is 5.17. The van der Waals surface area contributed by atoms with Gasteiger partial charge in [0.2, 0.25) is 17.7 Å². The Hall–Kier alpha value is -3.66. The summed E-state index contributed by atoms with van der Waals surface area (Å²) in [7, 11) is 1.54. The molecule has 2 N–H and O–H groups in total. The molecule has 2 aliphatic carbocycles. The van der Waals surface area contributed by atoms with Gasteiger partial charge < -0.3 is 25.0 Å². The quantitative estimate of drug-likeness (QED) is 0.545. The molecule has 2 saturated carbocycles. The fraction of sp³-hybridized carbons (Fsp3) is 0.500. The van der Waals surface area contributed by atoms with Gasteiger partial charge in [0.1, 0.15) is 12.3 Å². The van der Waals surface area contributed by atoms with E-state index in [0.717, 1.165) is 31.2 Å². The van der Waals surface area contributed by atoms with E-state index in [4.69, 9.17) is 9.47 Å². The van der Waals surface area contributed by atoms with E-state index in [0.29, 0.717) is 29.0 Å². The number of amides is 3. The Morgan fingerprint density at radius 2 is 1.87 bits per heavy atom. The van der Waals surface area contributed by atoms with Crippen LogP contribution in [0.4, 0.5) is 16.2 Å². The highest BCUT2D eigenvalue weighted by molar-refractivity contribution is 6.12. The number of carbonyl (C=O) groups excluding carboxylic acids is 3. The number of nitrogens with zero attached hydrogens (tertiary/aromatic N) is 3. The second-order valence-electron chi connectivity index (χ2n) is 10.2. The highest BCUT2D eigenvalue weighted by Gasteiger charge is 2.40. The minimum absolute atomic E-state index is 0.0220. The molecule has 1 unspecified atom stereocenters. The van der Waals surface area contributed by atoms with Crippen molar-refractivity contribution in [1.82, 2.24) is 15.6 Å². The largest absolute Gasteiger partial charge is 0.481 e. The number of methoxy groups -OCH3 is 1. The number of carbonyl (C=O) groups is 3. The third kappa shape index (κ3) is 5.91. The molecule has 10 nitrogen and oxygen atoms in total. The molecular weight excluding hydrogens is 486 g/mol. The van der Waals surface area contributed by atoms with Gasteiger partial charge in [-0.2, -0.15) is 0 Å². The Balaban J connectivity index is 1.29. The third-order valence-electron chi connectivity index (χ3n) is 7.43. The Bertz CT molecular complexity index is 1180. The van der Waals surface area contributed by atoms with Crippen molar-refractivity contribution in [3.8, 4) is 11.6 Å². The second-order valence-corrected chi connectivity index (χ2v) is 10.2. The first-order chi connectivity index (χ1) is 18.4. The lowest BCUT2D eigenvalue weighted by Gasteiger charge is -2.37. The lowest BCUT2D eigenvalue weighted by molar-refractivity contribution is -0.122. The average molecular weight is 522 g/mol. The number of benzene rings is 1. The van der Waals surface area contributed by atoms with Gasteiger partial charge in [-0.1, -0.05) is 25.3 Å². The molecule has 5 rings (SSSR count). The van der Waals surface area contributed by atoms with E-state index in [1.54, 1.807) is 42.5 Å². The van der Waals surface area contributed by atoms with Crippen molar-refractivity contribution < 1.29 is 23.9 Å². The van der Waals surface area contributed by atoms with Crippen molar-refractivity contribution in [2.24, 2.45) is 0 Å². The molecular formula is C28H35N5O5. The lowest BCUT2D eigenvalue weighted by Crippen LogP contribution is -2.51. The number of pyridine rings is 1. The first-order valence-electron chi connectivity index (χ1n) is 13.4. The molecule has 1 aromatic carbocycles. The number of rotatable bonds is 8. The SMILES string of the molecule is COc1ccc(C(C)NC(=O)Oc2ccc3c(c2)N(C(=O)CNC2CCCCC2)CC(=O)N3C2CC2)cn1. The second kappa shape index (κ2) is 11.4. The van der Waals surface area contributed by atoms with E-state index in [-0.39, 0.29) is 37.0 Å². The number of aromatic nitrogens is 1. The standard InChI is InChI=1S/C28H35N5O5/c1-18(19-8-13-25(37-2)30-15-19)31-28(36)38-22-11-12-23-24(14-22)32(17-27(35)33(23)21-9-10-21)26(34)16-29-20-6-4-3-5-7-20/h8,11-15,18,20-21,29H,3-7,9-10,16-17H2,1-2H3,(H,31,36). The van der Waals surface area contributed by atoms with Crippen LogP contribution in [0.2, 0.25) is 0 Å². The van der Waals surface area contributed by atoms with Crippen LogP contribution in [0.25, 0.3) is 0 Å². The molecule has 10 heteroatoms. The van der Waals surface area contributed by atoms with Crippen LogP contribution >= 0.6 is 0 Å². The zero-order valence-corrected chi connectivity index (χ0v) is 21.9. The zero-order chi connectivity index (χ0) is 26.6. The monoisotopic (exact) mass is 521 g/mol. The summed E-state index contributed by atoms with van der Waals surface area (Å²) in [6, 6.07) is 8.80. The average Bonchev–Trinajstić information content (AvgIpc) is 3.77. The summed E-state index contributed by atoms with van der Waals surface area (Å²) in [4.78, 5) is 46.5. The topological polar surface area (TPSA) is 113 Å². The van der Waals surface area contributed by atoms with Gasteiger partial charge in [0, 0.05) is 30.4 Å². The molecule has 1 aromatic heterocycles. The predicted molar refractivity (Wildman–Crippen MR) is 143 cm³/mol. The van der Waals surface area contributed by atoms with Crippen LogP contribution in [0.15, 0.2) is 36.5 Å². The number of fused-ring (bicyclic) bond motifs is 1. The van der Waals surface area contributed by atoms with Crippen molar-refractivity contribution in [3.05, 3.63) is 42.1 Å².